The van der Waals surface area contributed by atoms with E-state index in [1.165, 1.54) is 0 Å². The van der Waals surface area contributed by atoms with E-state index in [0.29, 0.717) is 0 Å². The van der Waals surface area contributed by atoms with E-state index >= 15 is 0 Å². The van der Waals surface area contributed by atoms with Crippen LogP contribution in [0.4, 0.5) is 4.79 Å². The molecule has 1 amide bonds. The van der Waals surface area contributed by atoms with Crippen molar-refractivity contribution in [3.63, 3.8) is 0 Å². The zero-order chi connectivity index (χ0) is 21.7. The third kappa shape index (κ3) is 6.55. The molecule has 7 heteroatoms. The van der Waals surface area contributed by atoms with Gasteiger partial charge in [0.05, 0.1) is 0 Å². The number of benzene rings is 2. The van der Waals surface area contributed by atoms with Gasteiger partial charge in [0, 0.05) is 43.7 Å². The molecule has 0 saturated heterocycles. The summed E-state index contributed by atoms with van der Waals surface area (Å²) in [7, 11) is 0. The van der Waals surface area contributed by atoms with E-state index in [0.717, 1.165) is 22.3 Å². The van der Waals surface area contributed by atoms with Crippen LogP contribution in [-0.4, -0.2) is 36.6 Å². The summed E-state index contributed by atoms with van der Waals surface area (Å²) >= 11 is 0. The molecule has 0 heterocycles. The number of nitrogens with one attached hydrogen (secondary N) is 1. The van der Waals surface area contributed by atoms with Crippen molar-refractivity contribution >= 4 is 18.3 Å². The maximum atomic E-state index is 12.4. The molecule has 6 nitrogen and oxygen atoms in total. The van der Waals surface area contributed by atoms with E-state index in [9.17, 15) is 14.4 Å². The summed E-state index contributed by atoms with van der Waals surface area (Å²) in [4.78, 5) is 35.4. The second-order valence-corrected chi connectivity index (χ2v) is 8.24. The second kappa shape index (κ2) is 11.1. The number of carbonyl (C=O) groups is 2. The van der Waals surface area contributed by atoms with Gasteiger partial charge < -0.3 is 19.6 Å². The first-order valence-electron chi connectivity index (χ1n) is 9.99. The van der Waals surface area contributed by atoms with Crippen LogP contribution in [0.3, 0.4) is 0 Å². The van der Waals surface area contributed by atoms with Crippen LogP contribution in [0, 0.1) is 37.7 Å². The average molecular weight is 573 g/mol. The van der Waals surface area contributed by atoms with Crippen molar-refractivity contribution in [2.45, 2.75) is 51.2 Å². The Kier molecular flexibility index (Phi) is 9.10. The monoisotopic (exact) mass is 573 g/mol. The molecule has 169 valence electrons. The zero-order valence-corrected chi connectivity index (χ0v) is 19.7. The van der Waals surface area contributed by atoms with Crippen molar-refractivity contribution < 1.29 is 61.6 Å². The summed E-state index contributed by atoms with van der Waals surface area (Å²) in [5, 5.41) is 2.53. The Morgan fingerprint density at radius 1 is 1.03 bits per heavy atom. The topological polar surface area (TPSA) is 81.7 Å². The number of hydrogen-bond acceptors (Lipinski definition) is 5. The SMILES string of the molecule is CC(C)(C)OC(=O)[C@H](CC[C-]=O)NC(=O)OCC1c2ccccc2-c2ccccc21.[Ho]. The van der Waals surface area contributed by atoms with E-state index in [1.54, 1.807) is 27.1 Å². The molecule has 0 bridgehead atoms. The summed E-state index contributed by atoms with van der Waals surface area (Å²) < 4.78 is 10.8. The molecule has 2 aromatic carbocycles. The molecule has 2 aromatic rings. The average Bonchev–Trinajstić information content (AvgIpc) is 3.02. The normalized spacial score (nSPS) is 13.3. The Morgan fingerprint density at radius 2 is 1.58 bits per heavy atom. The first kappa shape index (κ1) is 25.4. The molecule has 31 heavy (non-hydrogen) atoms. The third-order valence-corrected chi connectivity index (χ3v) is 4.86. The number of fused-ring (bicyclic) bond motifs is 3. The summed E-state index contributed by atoms with van der Waals surface area (Å²) in [6.45, 7) is 5.35. The minimum Gasteiger partial charge on any atom is -0.542 e. The third-order valence-electron chi connectivity index (χ3n) is 4.86. The molecule has 1 aliphatic rings. The summed E-state index contributed by atoms with van der Waals surface area (Å²) in [6, 6.07) is 15.1. The van der Waals surface area contributed by atoms with Crippen molar-refractivity contribution in [1.82, 2.24) is 5.32 Å². The minimum absolute atomic E-state index is 0. The van der Waals surface area contributed by atoms with E-state index in [1.807, 2.05) is 36.4 Å². The number of ether oxygens (including phenoxy) is 2. The molecule has 1 aliphatic carbocycles. The van der Waals surface area contributed by atoms with Gasteiger partial charge in [-0.15, -0.1) is 6.42 Å². The predicted octanol–water partition coefficient (Wildman–Crippen LogP) is 4.13. The first-order chi connectivity index (χ1) is 14.3. The number of carbonyl (C=O) groups excluding carboxylic acids is 3. The molecule has 0 saturated carbocycles. The van der Waals surface area contributed by atoms with Gasteiger partial charge in [-0.3, -0.25) is 6.29 Å². The van der Waals surface area contributed by atoms with E-state index < -0.39 is 23.7 Å². The van der Waals surface area contributed by atoms with Crippen LogP contribution in [0.25, 0.3) is 11.1 Å². The van der Waals surface area contributed by atoms with Crippen LogP contribution < -0.4 is 5.32 Å². The van der Waals surface area contributed by atoms with Gasteiger partial charge in [-0.1, -0.05) is 48.5 Å². The Bertz CT molecular complexity index is 892. The van der Waals surface area contributed by atoms with Gasteiger partial charge in [0.15, 0.2) is 0 Å². The molecule has 0 spiro atoms. The molecule has 3 rings (SSSR count). The maximum Gasteiger partial charge on any atom is 0.407 e. The molecule has 0 unspecified atom stereocenters. The number of hydrogen-bond donors (Lipinski definition) is 1. The van der Waals surface area contributed by atoms with Gasteiger partial charge in [-0.2, -0.15) is 0 Å². The van der Waals surface area contributed by atoms with Gasteiger partial charge in [0.2, 0.25) is 0 Å². The molecule has 0 aromatic heterocycles. The number of alkyl carbamates (subject to hydrolysis) is 1. The Balaban J connectivity index is 0.00000341. The van der Waals surface area contributed by atoms with Crippen LogP contribution in [0.1, 0.15) is 50.7 Å². The van der Waals surface area contributed by atoms with Crippen molar-refractivity contribution in [3.8, 4) is 11.1 Å². The largest absolute Gasteiger partial charge is 0.542 e. The van der Waals surface area contributed by atoms with Gasteiger partial charge >= 0.3 is 12.1 Å². The fraction of sp³-hybridized carbons (Fsp3) is 0.375. The molecular formula is C24H26HoNO5-. The standard InChI is InChI=1S/C24H26NO5.Ho/c1-24(2,3)30-22(27)21(13-8-14-26)25-23(28)29-15-20-18-11-6-4-9-16(18)17-10-5-7-12-19(17)20;/h4-7,9-12,20-21H,8,13,15H2,1-3H3,(H,25,28);/q-1;/t21-;/m0./s1. The molecule has 0 fully saturated rings. The van der Waals surface area contributed by atoms with Crippen molar-refractivity contribution in [3.05, 3.63) is 59.7 Å². The van der Waals surface area contributed by atoms with Crippen LogP contribution in [0.5, 0.6) is 0 Å². The molecule has 0 aliphatic heterocycles. The number of esters is 1. The van der Waals surface area contributed by atoms with Gasteiger partial charge in [0.1, 0.15) is 18.2 Å². The first-order valence-corrected chi connectivity index (χ1v) is 9.99. The summed E-state index contributed by atoms with van der Waals surface area (Å²) in [5.74, 6) is -0.683. The zero-order valence-electron chi connectivity index (χ0n) is 17.7. The van der Waals surface area contributed by atoms with Crippen molar-refractivity contribution in [1.29, 1.82) is 0 Å². The molecule has 1 atom stereocenters. The van der Waals surface area contributed by atoms with Crippen LogP contribution in [0.2, 0.25) is 0 Å². The molecule has 1 radical (unpaired) electrons. The molecule has 1 N–H and O–H groups in total. The predicted molar refractivity (Wildman–Crippen MR) is 113 cm³/mol. The van der Waals surface area contributed by atoms with Crippen LogP contribution in [-0.2, 0) is 19.1 Å². The van der Waals surface area contributed by atoms with Crippen LogP contribution >= 0.6 is 0 Å². The smallest absolute Gasteiger partial charge is 0.407 e. The Hall–Kier alpha value is -1.89. The van der Waals surface area contributed by atoms with E-state index in [4.69, 9.17) is 9.47 Å². The summed E-state index contributed by atoms with van der Waals surface area (Å²) in [6.07, 6.45) is 1.12. The fourth-order valence-corrected chi connectivity index (χ4v) is 3.61. The number of rotatable bonds is 7. The second-order valence-electron chi connectivity index (χ2n) is 8.24. The summed E-state index contributed by atoms with van der Waals surface area (Å²) in [5.41, 5.74) is 3.77. The van der Waals surface area contributed by atoms with Gasteiger partial charge in [0.25, 0.3) is 0 Å². The molecular weight excluding hydrogens is 547 g/mol. The van der Waals surface area contributed by atoms with Crippen molar-refractivity contribution in [2.75, 3.05) is 6.61 Å². The van der Waals surface area contributed by atoms with Gasteiger partial charge in [-0.05, 0) is 49.4 Å². The van der Waals surface area contributed by atoms with E-state index in [-0.39, 0.29) is 63.1 Å². The Morgan fingerprint density at radius 3 is 2.10 bits per heavy atom. The van der Waals surface area contributed by atoms with E-state index in [2.05, 4.69) is 17.4 Å². The fourth-order valence-electron chi connectivity index (χ4n) is 3.61. The quantitative estimate of drug-likeness (QED) is 0.306. The maximum absolute atomic E-state index is 12.4. The minimum atomic E-state index is -0.971. The van der Waals surface area contributed by atoms with Gasteiger partial charge in [-0.25, -0.2) is 9.59 Å². The Labute approximate surface area is 212 Å². The van der Waals surface area contributed by atoms with Crippen molar-refractivity contribution in [2.24, 2.45) is 0 Å². The number of amides is 1. The van der Waals surface area contributed by atoms with Crippen LogP contribution in [0.15, 0.2) is 48.5 Å².